The molecule has 0 bridgehead atoms. The summed E-state index contributed by atoms with van der Waals surface area (Å²) in [5.41, 5.74) is 0. The Morgan fingerprint density at radius 2 is 1.77 bits per heavy atom. The Hall–Kier alpha value is -0.230. The Labute approximate surface area is 76.0 Å². The second kappa shape index (κ2) is 3.88. The van der Waals surface area contributed by atoms with Crippen molar-refractivity contribution in [3.05, 3.63) is 0 Å². The molecule has 2 aliphatic rings. The second-order valence-corrected chi connectivity index (χ2v) is 3.54. The van der Waals surface area contributed by atoms with Crippen LogP contribution in [0.15, 0.2) is 0 Å². The van der Waals surface area contributed by atoms with Gasteiger partial charge >= 0.3 is 0 Å². The molecule has 0 spiro atoms. The van der Waals surface area contributed by atoms with E-state index in [4.69, 9.17) is 9.47 Å². The van der Waals surface area contributed by atoms with Crippen LogP contribution in [-0.4, -0.2) is 55.9 Å². The highest BCUT2D eigenvalue weighted by Gasteiger charge is 2.34. The van der Waals surface area contributed by atoms with E-state index in [0.29, 0.717) is 19.8 Å². The maximum atomic E-state index is 13.1. The number of aliphatic hydroxyl groups is 1. The molecular weight excluding hydrogens is 177 g/mol. The summed E-state index contributed by atoms with van der Waals surface area (Å²) in [4.78, 5) is 0. The van der Waals surface area contributed by atoms with Gasteiger partial charge in [-0.05, 0) is 0 Å². The molecule has 76 valence electrons. The fraction of sp³-hybridized carbons (Fsp3) is 1.00. The lowest BCUT2D eigenvalue weighted by Gasteiger charge is -2.20. The van der Waals surface area contributed by atoms with Crippen molar-refractivity contribution in [1.29, 1.82) is 0 Å². The zero-order chi connectivity index (χ0) is 9.26. The molecule has 0 aromatic rings. The van der Waals surface area contributed by atoms with Crippen LogP contribution in [0.1, 0.15) is 0 Å². The van der Waals surface area contributed by atoms with Crippen LogP contribution in [0.4, 0.5) is 4.39 Å². The monoisotopic (exact) mass is 191 g/mol. The first-order valence-corrected chi connectivity index (χ1v) is 4.51. The molecule has 4 nitrogen and oxygen atoms in total. The van der Waals surface area contributed by atoms with Gasteiger partial charge in [0.25, 0.3) is 0 Å². The average Bonchev–Trinajstić information content (AvgIpc) is 2.65. The summed E-state index contributed by atoms with van der Waals surface area (Å²) in [7, 11) is 0. The predicted octanol–water partition coefficient (Wildman–Crippen LogP) is -0.927. The molecule has 2 fully saturated rings. The predicted molar refractivity (Wildman–Crippen MR) is 43.3 cm³/mol. The first-order chi connectivity index (χ1) is 6.27. The van der Waals surface area contributed by atoms with Gasteiger partial charge in [-0.3, -0.25) is 0 Å². The molecule has 13 heavy (non-hydrogen) atoms. The van der Waals surface area contributed by atoms with Crippen molar-refractivity contribution in [3.8, 4) is 0 Å². The van der Waals surface area contributed by atoms with E-state index in [0.717, 1.165) is 0 Å². The van der Waals surface area contributed by atoms with Gasteiger partial charge in [0.05, 0.1) is 44.6 Å². The maximum Gasteiger partial charge on any atom is 0.141 e. The van der Waals surface area contributed by atoms with Crippen LogP contribution in [0, 0.1) is 0 Å². The van der Waals surface area contributed by atoms with Gasteiger partial charge in [0.15, 0.2) is 0 Å². The first kappa shape index (κ1) is 9.33. The van der Waals surface area contributed by atoms with E-state index >= 15 is 0 Å². The molecule has 0 aliphatic carbocycles. The molecule has 2 saturated heterocycles. The number of aliphatic hydroxyl groups excluding tert-OH is 1. The van der Waals surface area contributed by atoms with E-state index in [1.165, 1.54) is 0 Å². The van der Waals surface area contributed by atoms with Crippen LogP contribution in [0.3, 0.4) is 0 Å². The number of nitrogens with one attached hydrogen (secondary N) is 1. The average molecular weight is 191 g/mol. The summed E-state index contributed by atoms with van der Waals surface area (Å²) in [5, 5.41) is 12.4. The largest absolute Gasteiger partial charge is 0.389 e. The minimum absolute atomic E-state index is 0.148. The van der Waals surface area contributed by atoms with Gasteiger partial charge in [-0.2, -0.15) is 0 Å². The van der Waals surface area contributed by atoms with Crippen molar-refractivity contribution in [2.75, 3.05) is 26.4 Å². The van der Waals surface area contributed by atoms with Crippen LogP contribution < -0.4 is 5.32 Å². The van der Waals surface area contributed by atoms with Crippen LogP contribution in [-0.2, 0) is 9.47 Å². The minimum atomic E-state index is -0.965. The topological polar surface area (TPSA) is 50.7 Å². The SMILES string of the molecule is O[C@@H]1COCC1N[C@@H]1COC[C@H]1F. The van der Waals surface area contributed by atoms with E-state index < -0.39 is 12.3 Å². The van der Waals surface area contributed by atoms with E-state index in [9.17, 15) is 9.50 Å². The normalized spacial score (nSPS) is 45.7. The van der Waals surface area contributed by atoms with E-state index in [2.05, 4.69) is 5.32 Å². The molecule has 5 heteroatoms. The van der Waals surface area contributed by atoms with Crippen molar-refractivity contribution in [1.82, 2.24) is 5.32 Å². The Bertz CT molecular complexity index is 163. The molecule has 0 radical (unpaired) electrons. The molecule has 0 aromatic carbocycles. The lowest BCUT2D eigenvalue weighted by molar-refractivity contribution is 0.119. The third kappa shape index (κ3) is 1.99. The Balaban J connectivity index is 1.82. The molecule has 2 aliphatic heterocycles. The van der Waals surface area contributed by atoms with Crippen molar-refractivity contribution < 1.29 is 19.0 Å². The van der Waals surface area contributed by atoms with E-state index in [1.807, 2.05) is 0 Å². The number of ether oxygens (including phenoxy) is 2. The quantitative estimate of drug-likeness (QED) is 0.592. The van der Waals surface area contributed by atoms with Gasteiger partial charge in [0.1, 0.15) is 6.17 Å². The number of rotatable bonds is 2. The van der Waals surface area contributed by atoms with Gasteiger partial charge in [-0.1, -0.05) is 0 Å². The standard InChI is InChI=1S/C8H14FNO3/c9-5-1-12-2-6(5)10-7-3-13-4-8(7)11/h5-8,10-11H,1-4H2/t5-,6-,7?,8-/m1/s1. The van der Waals surface area contributed by atoms with E-state index in [1.54, 1.807) is 0 Å². The zero-order valence-electron chi connectivity index (χ0n) is 7.28. The van der Waals surface area contributed by atoms with Crippen LogP contribution in [0.25, 0.3) is 0 Å². The molecule has 0 saturated carbocycles. The number of hydrogen-bond donors (Lipinski definition) is 2. The summed E-state index contributed by atoms with van der Waals surface area (Å²) in [6.07, 6.45) is -1.49. The lowest BCUT2D eigenvalue weighted by Crippen LogP contribution is -2.48. The van der Waals surface area contributed by atoms with Crippen molar-refractivity contribution in [2.24, 2.45) is 0 Å². The number of halogens is 1. The zero-order valence-corrected chi connectivity index (χ0v) is 7.28. The Morgan fingerprint density at radius 3 is 2.31 bits per heavy atom. The van der Waals surface area contributed by atoms with Gasteiger partial charge in [-0.15, -0.1) is 0 Å². The van der Waals surface area contributed by atoms with Gasteiger partial charge in [-0.25, -0.2) is 4.39 Å². The molecule has 2 rings (SSSR count). The summed E-state index contributed by atoms with van der Waals surface area (Å²) in [6.45, 7) is 1.32. The molecule has 1 unspecified atom stereocenters. The molecule has 0 amide bonds. The fourth-order valence-corrected chi connectivity index (χ4v) is 1.66. The molecule has 0 aromatic heterocycles. The second-order valence-electron chi connectivity index (χ2n) is 3.54. The van der Waals surface area contributed by atoms with Gasteiger partial charge in [0.2, 0.25) is 0 Å². The Kier molecular flexibility index (Phi) is 2.78. The van der Waals surface area contributed by atoms with Crippen molar-refractivity contribution >= 4 is 0 Å². The number of hydrogen-bond acceptors (Lipinski definition) is 4. The maximum absolute atomic E-state index is 13.1. The molecule has 2 N–H and O–H groups in total. The summed E-state index contributed by atoms with van der Waals surface area (Å²) < 4.78 is 23.1. The third-order valence-corrected chi connectivity index (χ3v) is 2.49. The molecule has 2 heterocycles. The Morgan fingerprint density at radius 1 is 1.08 bits per heavy atom. The fourth-order valence-electron chi connectivity index (χ4n) is 1.66. The smallest absolute Gasteiger partial charge is 0.141 e. The highest BCUT2D eigenvalue weighted by atomic mass is 19.1. The highest BCUT2D eigenvalue weighted by Crippen LogP contribution is 2.13. The lowest BCUT2D eigenvalue weighted by atomic mass is 10.1. The third-order valence-electron chi connectivity index (χ3n) is 2.49. The van der Waals surface area contributed by atoms with Crippen LogP contribution >= 0.6 is 0 Å². The van der Waals surface area contributed by atoms with Crippen LogP contribution in [0.2, 0.25) is 0 Å². The summed E-state index contributed by atoms with van der Waals surface area (Å²) in [5.74, 6) is 0. The van der Waals surface area contributed by atoms with Gasteiger partial charge in [0, 0.05) is 0 Å². The number of alkyl halides is 1. The van der Waals surface area contributed by atoms with Gasteiger partial charge < -0.3 is 19.9 Å². The van der Waals surface area contributed by atoms with Crippen molar-refractivity contribution in [2.45, 2.75) is 24.4 Å². The minimum Gasteiger partial charge on any atom is -0.389 e. The van der Waals surface area contributed by atoms with Crippen LogP contribution in [0.5, 0.6) is 0 Å². The molecular formula is C8H14FNO3. The van der Waals surface area contributed by atoms with Crippen molar-refractivity contribution in [3.63, 3.8) is 0 Å². The first-order valence-electron chi connectivity index (χ1n) is 4.51. The van der Waals surface area contributed by atoms with E-state index in [-0.39, 0.29) is 18.7 Å². The summed E-state index contributed by atoms with van der Waals surface area (Å²) in [6, 6.07) is -0.439. The molecule has 4 atom stereocenters. The summed E-state index contributed by atoms with van der Waals surface area (Å²) >= 11 is 0. The highest BCUT2D eigenvalue weighted by molar-refractivity contribution is 4.89.